The van der Waals surface area contributed by atoms with Crippen LogP contribution in [-0.2, 0) is 0 Å². The van der Waals surface area contributed by atoms with Crippen molar-refractivity contribution >= 4 is 24.4 Å². The van der Waals surface area contributed by atoms with Gasteiger partial charge in [0, 0.05) is 11.3 Å². The third kappa shape index (κ3) is 3.00. The highest BCUT2D eigenvalue weighted by Crippen LogP contribution is 2.20. The molecule has 0 saturated heterocycles. The lowest BCUT2D eigenvalue weighted by molar-refractivity contribution is 0.415. The summed E-state index contributed by atoms with van der Waals surface area (Å²) in [5.74, 6) is 1.67. The van der Waals surface area contributed by atoms with Crippen molar-refractivity contribution in [1.82, 2.24) is 0 Å². The van der Waals surface area contributed by atoms with E-state index in [4.69, 9.17) is 10.5 Å². The Balaban J connectivity index is 2.83. The van der Waals surface area contributed by atoms with Crippen LogP contribution in [0.1, 0.15) is 12.0 Å². The number of nitrogens with two attached hydrogens (primary N) is 1. The summed E-state index contributed by atoms with van der Waals surface area (Å²) < 4.78 is 5.11. The summed E-state index contributed by atoms with van der Waals surface area (Å²) in [4.78, 5) is 0. The monoisotopic (exact) mass is 209 g/mol. The lowest BCUT2D eigenvalue weighted by Crippen LogP contribution is -1.90. The summed E-state index contributed by atoms with van der Waals surface area (Å²) in [6.07, 6.45) is 4.99. The first-order chi connectivity index (χ1) is 6.77. The van der Waals surface area contributed by atoms with Crippen LogP contribution in [0.4, 0.5) is 5.69 Å². The van der Waals surface area contributed by atoms with Gasteiger partial charge < -0.3 is 10.5 Å². The Kier molecular flexibility index (Phi) is 4.40. The maximum atomic E-state index is 5.80. The van der Waals surface area contributed by atoms with Gasteiger partial charge in [0.1, 0.15) is 5.75 Å². The molecule has 1 aromatic carbocycles. The fourth-order valence-electron chi connectivity index (χ4n) is 1.11. The highest BCUT2D eigenvalue weighted by Gasteiger charge is 1.97. The summed E-state index contributed by atoms with van der Waals surface area (Å²) in [6.45, 7) is 0. The molecule has 0 unspecified atom stereocenters. The highest BCUT2D eigenvalue weighted by molar-refractivity contribution is 7.80. The predicted octanol–water partition coefficient (Wildman–Crippen LogP) is 2.61. The third-order valence-electron chi connectivity index (χ3n) is 1.89. The van der Waals surface area contributed by atoms with Crippen molar-refractivity contribution < 1.29 is 4.74 Å². The van der Waals surface area contributed by atoms with Gasteiger partial charge in [0.15, 0.2) is 0 Å². The molecule has 0 fully saturated rings. The van der Waals surface area contributed by atoms with Crippen LogP contribution in [0.2, 0.25) is 0 Å². The van der Waals surface area contributed by atoms with Crippen molar-refractivity contribution in [2.24, 2.45) is 0 Å². The summed E-state index contributed by atoms with van der Waals surface area (Å²) in [6, 6.07) is 5.62. The molecule has 0 aromatic heterocycles. The Morgan fingerprint density at radius 3 is 2.93 bits per heavy atom. The number of nitrogen functional groups attached to an aromatic ring is 1. The molecule has 0 atom stereocenters. The van der Waals surface area contributed by atoms with Crippen molar-refractivity contribution in [3.63, 3.8) is 0 Å². The first-order valence-electron chi connectivity index (χ1n) is 4.49. The Morgan fingerprint density at radius 2 is 2.29 bits per heavy atom. The molecular formula is C11H15NOS. The molecule has 0 heterocycles. The lowest BCUT2D eigenvalue weighted by Gasteiger charge is -2.03. The SMILES string of the molecule is COc1ccc(N)c(C=CCCS)c1. The molecule has 1 aromatic rings. The molecule has 3 heteroatoms. The second-order valence-corrected chi connectivity index (χ2v) is 3.36. The molecule has 2 N–H and O–H groups in total. The molecule has 0 bridgehead atoms. The number of methoxy groups -OCH3 is 1. The summed E-state index contributed by atoms with van der Waals surface area (Å²) >= 11 is 4.12. The van der Waals surface area contributed by atoms with Crippen LogP contribution in [0.3, 0.4) is 0 Å². The molecule has 0 spiro atoms. The maximum Gasteiger partial charge on any atom is 0.119 e. The lowest BCUT2D eigenvalue weighted by atomic mass is 10.1. The van der Waals surface area contributed by atoms with Gasteiger partial charge >= 0.3 is 0 Å². The second kappa shape index (κ2) is 5.60. The van der Waals surface area contributed by atoms with E-state index in [1.165, 1.54) is 0 Å². The van der Waals surface area contributed by atoms with E-state index in [0.29, 0.717) is 0 Å². The van der Waals surface area contributed by atoms with Crippen molar-refractivity contribution in [3.8, 4) is 5.75 Å². The molecular weight excluding hydrogens is 194 g/mol. The Hall–Kier alpha value is -1.09. The fraction of sp³-hybridized carbons (Fsp3) is 0.273. The zero-order valence-corrected chi connectivity index (χ0v) is 9.13. The van der Waals surface area contributed by atoms with Crippen LogP contribution in [-0.4, -0.2) is 12.9 Å². The zero-order valence-electron chi connectivity index (χ0n) is 8.23. The van der Waals surface area contributed by atoms with Gasteiger partial charge in [0.2, 0.25) is 0 Å². The van der Waals surface area contributed by atoms with Crippen LogP contribution in [0.15, 0.2) is 24.3 Å². The van der Waals surface area contributed by atoms with E-state index >= 15 is 0 Å². The minimum Gasteiger partial charge on any atom is -0.497 e. The smallest absolute Gasteiger partial charge is 0.119 e. The van der Waals surface area contributed by atoms with Gasteiger partial charge in [-0.05, 0) is 30.4 Å². The summed E-state index contributed by atoms with van der Waals surface area (Å²) in [5, 5.41) is 0. The third-order valence-corrected chi connectivity index (χ3v) is 2.15. The van der Waals surface area contributed by atoms with Crippen LogP contribution >= 0.6 is 12.6 Å². The Labute approximate surface area is 90.2 Å². The largest absolute Gasteiger partial charge is 0.497 e. The van der Waals surface area contributed by atoms with Gasteiger partial charge in [-0.1, -0.05) is 12.2 Å². The number of thiol groups is 1. The van der Waals surface area contributed by atoms with Gasteiger partial charge in [-0.2, -0.15) is 12.6 Å². The van der Waals surface area contributed by atoms with Crippen LogP contribution in [0.25, 0.3) is 6.08 Å². The molecule has 0 aliphatic rings. The Bertz CT molecular complexity index is 323. The number of allylic oxidation sites excluding steroid dienone is 1. The van der Waals surface area contributed by atoms with Gasteiger partial charge in [0.25, 0.3) is 0 Å². The standard InChI is InChI=1S/C11H15NOS/c1-13-10-5-6-11(12)9(8-10)4-2-3-7-14/h2,4-6,8,14H,3,7,12H2,1H3. The van der Waals surface area contributed by atoms with E-state index in [9.17, 15) is 0 Å². The molecule has 0 saturated carbocycles. The van der Waals surface area contributed by atoms with Crippen LogP contribution in [0.5, 0.6) is 5.75 Å². The first kappa shape index (κ1) is 11.0. The van der Waals surface area contributed by atoms with Crippen molar-refractivity contribution in [2.45, 2.75) is 6.42 Å². The van der Waals surface area contributed by atoms with Gasteiger partial charge in [-0.3, -0.25) is 0 Å². The van der Waals surface area contributed by atoms with Crippen LogP contribution in [0, 0.1) is 0 Å². The topological polar surface area (TPSA) is 35.2 Å². The average molecular weight is 209 g/mol. The molecule has 76 valence electrons. The number of hydrogen-bond donors (Lipinski definition) is 2. The highest BCUT2D eigenvalue weighted by atomic mass is 32.1. The van der Waals surface area contributed by atoms with Gasteiger partial charge in [0.05, 0.1) is 7.11 Å². The number of rotatable bonds is 4. The molecule has 0 aliphatic heterocycles. The van der Waals surface area contributed by atoms with Crippen molar-refractivity contribution in [2.75, 3.05) is 18.6 Å². The number of hydrogen-bond acceptors (Lipinski definition) is 3. The van der Waals surface area contributed by atoms with Gasteiger partial charge in [-0.15, -0.1) is 0 Å². The predicted molar refractivity (Wildman–Crippen MR) is 64.9 cm³/mol. The van der Waals surface area contributed by atoms with E-state index in [1.807, 2.05) is 24.3 Å². The minimum atomic E-state index is 0.765. The molecule has 0 aliphatic carbocycles. The summed E-state index contributed by atoms with van der Waals surface area (Å²) in [7, 11) is 1.65. The average Bonchev–Trinajstić information content (AvgIpc) is 2.21. The molecule has 1 rings (SSSR count). The van der Waals surface area contributed by atoms with E-state index in [0.717, 1.165) is 29.2 Å². The minimum absolute atomic E-state index is 0.765. The molecule has 0 radical (unpaired) electrons. The molecule has 0 amide bonds. The number of ether oxygens (including phenoxy) is 1. The van der Waals surface area contributed by atoms with E-state index in [1.54, 1.807) is 7.11 Å². The number of benzene rings is 1. The van der Waals surface area contributed by atoms with E-state index in [2.05, 4.69) is 18.7 Å². The van der Waals surface area contributed by atoms with Crippen LogP contribution < -0.4 is 10.5 Å². The second-order valence-electron chi connectivity index (χ2n) is 2.91. The normalized spacial score (nSPS) is 10.7. The first-order valence-corrected chi connectivity index (χ1v) is 5.12. The van der Waals surface area contributed by atoms with E-state index < -0.39 is 0 Å². The van der Waals surface area contributed by atoms with Crippen molar-refractivity contribution in [1.29, 1.82) is 0 Å². The van der Waals surface area contributed by atoms with E-state index in [-0.39, 0.29) is 0 Å². The Morgan fingerprint density at radius 1 is 1.50 bits per heavy atom. The fourth-order valence-corrected chi connectivity index (χ4v) is 1.26. The van der Waals surface area contributed by atoms with Crippen molar-refractivity contribution in [3.05, 3.63) is 29.8 Å². The molecule has 2 nitrogen and oxygen atoms in total. The quantitative estimate of drug-likeness (QED) is 0.590. The summed E-state index contributed by atoms with van der Waals surface area (Å²) in [5.41, 5.74) is 7.56. The van der Waals surface area contributed by atoms with Gasteiger partial charge in [-0.25, -0.2) is 0 Å². The zero-order chi connectivity index (χ0) is 10.4. The molecule has 14 heavy (non-hydrogen) atoms. The number of anilines is 1. The maximum absolute atomic E-state index is 5.80.